The fourth-order valence-electron chi connectivity index (χ4n) is 2.22. The van der Waals surface area contributed by atoms with Crippen molar-refractivity contribution in [3.8, 4) is 0 Å². The van der Waals surface area contributed by atoms with Crippen LogP contribution in [0.15, 0.2) is 30.9 Å². The van der Waals surface area contributed by atoms with Crippen molar-refractivity contribution in [1.82, 2.24) is 24.6 Å². The second-order valence-electron chi connectivity index (χ2n) is 4.61. The maximum Gasteiger partial charge on any atom is 0.227 e. The number of likely N-dealkylation sites (N-methyl/N-ethyl adjacent to an activating group) is 1. The van der Waals surface area contributed by atoms with Gasteiger partial charge in [-0.05, 0) is 26.1 Å². The fourth-order valence-corrected chi connectivity index (χ4v) is 2.22. The van der Waals surface area contributed by atoms with Crippen LogP contribution >= 0.6 is 0 Å². The van der Waals surface area contributed by atoms with E-state index in [9.17, 15) is 0 Å². The first-order valence-corrected chi connectivity index (χ1v) is 6.08. The quantitative estimate of drug-likeness (QED) is 0.881. The maximum atomic E-state index is 4.40. The van der Waals surface area contributed by atoms with Crippen LogP contribution < -0.4 is 5.32 Å². The van der Waals surface area contributed by atoms with Gasteiger partial charge in [0.15, 0.2) is 0 Å². The Kier molecular flexibility index (Phi) is 2.93. The van der Waals surface area contributed by atoms with E-state index in [0.717, 1.165) is 25.2 Å². The van der Waals surface area contributed by atoms with Crippen LogP contribution in [0.5, 0.6) is 0 Å². The van der Waals surface area contributed by atoms with E-state index in [1.165, 1.54) is 0 Å². The SMILES string of the molecule is CN1CC[C@H](n2cc(Nc3ncccn3)cn2)C1. The van der Waals surface area contributed by atoms with Gasteiger partial charge in [0, 0.05) is 25.1 Å². The molecule has 0 unspecified atom stereocenters. The molecule has 0 aromatic carbocycles. The summed E-state index contributed by atoms with van der Waals surface area (Å²) in [6.07, 6.45) is 8.41. The number of anilines is 2. The highest BCUT2D eigenvalue weighted by molar-refractivity contribution is 5.49. The van der Waals surface area contributed by atoms with Crippen molar-refractivity contribution in [1.29, 1.82) is 0 Å². The highest BCUT2D eigenvalue weighted by Gasteiger charge is 2.21. The Morgan fingerprint density at radius 1 is 1.33 bits per heavy atom. The zero-order valence-corrected chi connectivity index (χ0v) is 10.3. The highest BCUT2D eigenvalue weighted by Crippen LogP contribution is 2.21. The maximum absolute atomic E-state index is 4.40. The first-order valence-electron chi connectivity index (χ1n) is 6.08. The minimum absolute atomic E-state index is 0.474. The molecule has 6 heteroatoms. The van der Waals surface area contributed by atoms with E-state index < -0.39 is 0 Å². The van der Waals surface area contributed by atoms with Crippen molar-refractivity contribution in [2.75, 3.05) is 25.5 Å². The predicted octanol–water partition coefficient (Wildman–Crippen LogP) is 1.29. The first-order chi connectivity index (χ1) is 8.81. The highest BCUT2D eigenvalue weighted by atomic mass is 15.3. The van der Waals surface area contributed by atoms with E-state index >= 15 is 0 Å². The number of hydrogen-bond acceptors (Lipinski definition) is 5. The molecule has 2 aromatic rings. The topological polar surface area (TPSA) is 58.9 Å². The Morgan fingerprint density at radius 3 is 2.89 bits per heavy atom. The van der Waals surface area contributed by atoms with Gasteiger partial charge in [0.25, 0.3) is 0 Å². The van der Waals surface area contributed by atoms with E-state index in [1.807, 2.05) is 17.1 Å². The standard InChI is InChI=1S/C12H16N6/c1-17-6-3-11(9-17)18-8-10(7-15-18)16-12-13-4-2-5-14-12/h2,4-5,7-8,11H,3,6,9H2,1H3,(H,13,14,16)/t11-/m0/s1. The molecular weight excluding hydrogens is 228 g/mol. The molecular formula is C12H16N6. The van der Waals surface area contributed by atoms with Crippen LogP contribution in [0.4, 0.5) is 11.6 Å². The molecule has 0 saturated carbocycles. The summed E-state index contributed by atoms with van der Waals surface area (Å²) in [4.78, 5) is 10.6. The van der Waals surface area contributed by atoms with Crippen LogP contribution in [0.2, 0.25) is 0 Å². The molecule has 3 rings (SSSR count). The molecule has 0 aliphatic carbocycles. The van der Waals surface area contributed by atoms with Gasteiger partial charge in [0.1, 0.15) is 0 Å². The lowest BCUT2D eigenvalue weighted by Gasteiger charge is -2.10. The molecule has 1 N–H and O–H groups in total. The Hall–Kier alpha value is -1.95. The predicted molar refractivity (Wildman–Crippen MR) is 68.7 cm³/mol. The molecule has 1 saturated heterocycles. The molecule has 0 amide bonds. The molecule has 18 heavy (non-hydrogen) atoms. The molecule has 2 aromatic heterocycles. The Morgan fingerprint density at radius 2 is 2.17 bits per heavy atom. The molecule has 94 valence electrons. The van der Waals surface area contributed by atoms with E-state index in [4.69, 9.17) is 0 Å². The molecule has 1 atom stereocenters. The lowest BCUT2D eigenvalue weighted by molar-refractivity contribution is 0.382. The third kappa shape index (κ3) is 2.33. The van der Waals surface area contributed by atoms with Crippen molar-refractivity contribution in [3.05, 3.63) is 30.9 Å². The largest absolute Gasteiger partial charge is 0.321 e. The van der Waals surface area contributed by atoms with Gasteiger partial charge in [0.2, 0.25) is 5.95 Å². The number of nitrogens with zero attached hydrogens (tertiary/aromatic N) is 5. The van der Waals surface area contributed by atoms with Crippen LogP contribution in [0.25, 0.3) is 0 Å². The van der Waals surface area contributed by atoms with Crippen molar-refractivity contribution in [2.45, 2.75) is 12.5 Å². The van der Waals surface area contributed by atoms with Crippen LogP contribution in [0.1, 0.15) is 12.5 Å². The third-order valence-corrected chi connectivity index (χ3v) is 3.16. The van der Waals surface area contributed by atoms with Crippen molar-refractivity contribution >= 4 is 11.6 Å². The van der Waals surface area contributed by atoms with Gasteiger partial charge >= 0.3 is 0 Å². The summed E-state index contributed by atoms with van der Waals surface area (Å²) < 4.78 is 2.02. The summed E-state index contributed by atoms with van der Waals surface area (Å²) in [7, 11) is 2.14. The average Bonchev–Trinajstić information content (AvgIpc) is 2.99. The van der Waals surface area contributed by atoms with E-state index in [0.29, 0.717) is 12.0 Å². The lowest BCUT2D eigenvalue weighted by Crippen LogP contribution is -2.16. The summed E-state index contributed by atoms with van der Waals surface area (Å²) in [5, 5.41) is 7.54. The summed E-state index contributed by atoms with van der Waals surface area (Å²) in [5.41, 5.74) is 0.927. The average molecular weight is 244 g/mol. The Bertz CT molecular complexity index is 508. The van der Waals surface area contributed by atoms with Crippen molar-refractivity contribution < 1.29 is 0 Å². The van der Waals surface area contributed by atoms with Gasteiger partial charge < -0.3 is 10.2 Å². The van der Waals surface area contributed by atoms with Gasteiger partial charge in [-0.2, -0.15) is 5.10 Å². The summed E-state index contributed by atoms with van der Waals surface area (Å²) >= 11 is 0. The monoisotopic (exact) mass is 244 g/mol. The number of likely N-dealkylation sites (tertiary alicyclic amines) is 1. The molecule has 3 heterocycles. The lowest BCUT2D eigenvalue weighted by atomic mass is 10.3. The van der Waals surface area contributed by atoms with Gasteiger partial charge in [-0.15, -0.1) is 0 Å². The molecule has 0 spiro atoms. The smallest absolute Gasteiger partial charge is 0.227 e. The molecule has 1 fully saturated rings. The minimum atomic E-state index is 0.474. The fraction of sp³-hybridized carbons (Fsp3) is 0.417. The second-order valence-corrected chi connectivity index (χ2v) is 4.61. The Balaban J connectivity index is 1.70. The Labute approximate surface area is 106 Å². The minimum Gasteiger partial charge on any atom is -0.321 e. The van der Waals surface area contributed by atoms with Gasteiger partial charge in [-0.1, -0.05) is 0 Å². The molecule has 1 aliphatic heterocycles. The van der Waals surface area contributed by atoms with E-state index in [1.54, 1.807) is 18.5 Å². The summed E-state index contributed by atoms with van der Waals surface area (Å²) in [6, 6.07) is 2.27. The van der Waals surface area contributed by atoms with Gasteiger partial charge in [0.05, 0.1) is 17.9 Å². The molecule has 0 radical (unpaired) electrons. The van der Waals surface area contributed by atoms with Crippen LogP contribution in [-0.4, -0.2) is 44.8 Å². The number of aromatic nitrogens is 4. The number of hydrogen-bond donors (Lipinski definition) is 1. The normalized spacial score (nSPS) is 20.2. The third-order valence-electron chi connectivity index (χ3n) is 3.16. The zero-order valence-electron chi connectivity index (χ0n) is 10.3. The van der Waals surface area contributed by atoms with E-state index in [2.05, 4.69) is 32.3 Å². The number of nitrogens with one attached hydrogen (secondary N) is 1. The zero-order chi connectivity index (χ0) is 12.4. The van der Waals surface area contributed by atoms with Crippen molar-refractivity contribution in [3.63, 3.8) is 0 Å². The molecule has 6 nitrogen and oxygen atoms in total. The molecule has 0 bridgehead atoms. The second kappa shape index (κ2) is 4.73. The molecule has 1 aliphatic rings. The van der Waals surface area contributed by atoms with Crippen molar-refractivity contribution in [2.24, 2.45) is 0 Å². The summed E-state index contributed by atoms with van der Waals surface area (Å²) in [5.74, 6) is 0.598. The van der Waals surface area contributed by atoms with Gasteiger partial charge in [-0.25, -0.2) is 9.97 Å². The summed E-state index contributed by atoms with van der Waals surface area (Å²) in [6.45, 7) is 2.19. The van der Waals surface area contributed by atoms with Crippen LogP contribution in [0, 0.1) is 0 Å². The van der Waals surface area contributed by atoms with Gasteiger partial charge in [-0.3, -0.25) is 4.68 Å². The van der Waals surface area contributed by atoms with Crippen LogP contribution in [0.3, 0.4) is 0 Å². The van der Waals surface area contributed by atoms with Crippen LogP contribution in [-0.2, 0) is 0 Å². The first kappa shape index (κ1) is 11.2. The number of rotatable bonds is 3. The van der Waals surface area contributed by atoms with E-state index in [-0.39, 0.29) is 0 Å².